The standard InChI is InChI=1S/C20H19F3N4O3S/c1-2-26(10-14-11-29-15-5-3-4-6-16(15)30-14)18(28)12-31-19-25-24-17-8-7-13(9-27(17)19)20(21,22)23/h3-9,14H,2,10-12H2,1H3. The number of carbonyl (C=O) groups is 1. The van der Waals surface area contributed by atoms with Gasteiger partial charge in [0.1, 0.15) is 6.61 Å². The number of carbonyl (C=O) groups excluding carboxylic acids is 1. The van der Waals surface area contributed by atoms with Crippen molar-refractivity contribution in [1.82, 2.24) is 19.5 Å². The van der Waals surface area contributed by atoms with E-state index in [0.717, 1.165) is 24.0 Å². The van der Waals surface area contributed by atoms with Crippen LogP contribution in [0, 0.1) is 0 Å². The number of fused-ring (bicyclic) bond motifs is 2. The predicted molar refractivity (Wildman–Crippen MR) is 107 cm³/mol. The summed E-state index contributed by atoms with van der Waals surface area (Å²) in [5, 5.41) is 7.99. The average Bonchev–Trinajstić information content (AvgIpc) is 3.17. The van der Waals surface area contributed by atoms with Crippen LogP contribution in [-0.4, -0.2) is 57.0 Å². The van der Waals surface area contributed by atoms with Gasteiger partial charge < -0.3 is 14.4 Å². The molecule has 2 aromatic heterocycles. The Balaban J connectivity index is 1.39. The summed E-state index contributed by atoms with van der Waals surface area (Å²) in [7, 11) is 0. The molecule has 11 heteroatoms. The minimum absolute atomic E-state index is 0.00897. The highest BCUT2D eigenvalue weighted by atomic mass is 32.2. The van der Waals surface area contributed by atoms with Crippen molar-refractivity contribution in [2.75, 3.05) is 25.4 Å². The smallest absolute Gasteiger partial charge is 0.417 e. The van der Waals surface area contributed by atoms with Crippen LogP contribution in [0.25, 0.3) is 5.65 Å². The summed E-state index contributed by atoms with van der Waals surface area (Å²) in [6.45, 7) is 2.97. The maximum absolute atomic E-state index is 13.0. The van der Waals surface area contributed by atoms with Gasteiger partial charge in [-0.3, -0.25) is 9.20 Å². The fourth-order valence-electron chi connectivity index (χ4n) is 3.16. The quantitative estimate of drug-likeness (QED) is 0.533. The highest BCUT2D eigenvalue weighted by Crippen LogP contribution is 2.32. The van der Waals surface area contributed by atoms with Crippen molar-refractivity contribution < 1.29 is 27.4 Å². The maximum atomic E-state index is 13.0. The van der Waals surface area contributed by atoms with E-state index in [0.29, 0.717) is 31.2 Å². The van der Waals surface area contributed by atoms with Crippen LogP contribution in [-0.2, 0) is 11.0 Å². The van der Waals surface area contributed by atoms with Crippen LogP contribution in [0.1, 0.15) is 12.5 Å². The Morgan fingerprint density at radius 1 is 1.23 bits per heavy atom. The van der Waals surface area contributed by atoms with Gasteiger partial charge in [0.25, 0.3) is 0 Å². The van der Waals surface area contributed by atoms with Gasteiger partial charge in [-0.1, -0.05) is 23.9 Å². The molecule has 1 atom stereocenters. The van der Waals surface area contributed by atoms with Crippen LogP contribution in [0.2, 0.25) is 0 Å². The van der Waals surface area contributed by atoms with Crippen molar-refractivity contribution in [2.24, 2.45) is 0 Å². The summed E-state index contributed by atoms with van der Waals surface area (Å²) in [6, 6.07) is 9.52. The average molecular weight is 452 g/mol. The second-order valence-corrected chi connectivity index (χ2v) is 7.79. The van der Waals surface area contributed by atoms with Crippen LogP contribution in [0.15, 0.2) is 47.8 Å². The SMILES string of the molecule is CCN(CC1COc2ccccc2O1)C(=O)CSc1nnc2ccc(C(F)(F)F)cn12. The molecule has 3 aromatic rings. The molecular weight excluding hydrogens is 433 g/mol. The lowest BCUT2D eigenvalue weighted by Crippen LogP contribution is -2.44. The normalized spacial score (nSPS) is 15.8. The predicted octanol–water partition coefficient (Wildman–Crippen LogP) is 3.53. The van der Waals surface area contributed by atoms with Gasteiger partial charge in [0.05, 0.1) is 17.9 Å². The van der Waals surface area contributed by atoms with Crippen molar-refractivity contribution in [2.45, 2.75) is 24.4 Å². The number of amides is 1. The summed E-state index contributed by atoms with van der Waals surface area (Å²) in [4.78, 5) is 14.3. The van der Waals surface area contributed by atoms with Crippen molar-refractivity contribution in [3.8, 4) is 11.5 Å². The molecular formula is C20H19F3N4O3S. The number of para-hydroxylation sites is 2. The zero-order valence-electron chi connectivity index (χ0n) is 16.5. The Morgan fingerprint density at radius 2 is 2.00 bits per heavy atom. The molecule has 0 fully saturated rings. The first-order chi connectivity index (χ1) is 14.8. The van der Waals surface area contributed by atoms with E-state index in [1.54, 1.807) is 11.0 Å². The van der Waals surface area contributed by atoms with Gasteiger partial charge in [-0.15, -0.1) is 10.2 Å². The molecule has 1 aliphatic heterocycles. The number of nitrogens with zero attached hydrogens (tertiary/aromatic N) is 4. The van der Waals surface area contributed by atoms with Gasteiger partial charge in [-0.25, -0.2) is 0 Å². The molecule has 1 unspecified atom stereocenters. The molecule has 0 saturated carbocycles. The molecule has 3 heterocycles. The Morgan fingerprint density at radius 3 is 2.74 bits per heavy atom. The molecule has 0 spiro atoms. The van der Waals surface area contributed by atoms with Gasteiger partial charge in [-0.05, 0) is 31.2 Å². The first-order valence-corrected chi connectivity index (χ1v) is 10.5. The van der Waals surface area contributed by atoms with E-state index in [1.807, 2.05) is 25.1 Å². The number of halogens is 3. The Hall–Kier alpha value is -2.95. The maximum Gasteiger partial charge on any atom is 0.417 e. The Labute approximate surface area is 180 Å². The van der Waals surface area contributed by atoms with Gasteiger partial charge in [0.15, 0.2) is 28.4 Å². The van der Waals surface area contributed by atoms with Crippen molar-refractivity contribution in [3.63, 3.8) is 0 Å². The topological polar surface area (TPSA) is 69.0 Å². The van der Waals surface area contributed by atoms with Crippen LogP contribution in [0.3, 0.4) is 0 Å². The number of hydrogen-bond donors (Lipinski definition) is 0. The molecule has 4 rings (SSSR count). The Bertz CT molecular complexity index is 1090. The molecule has 1 amide bonds. The summed E-state index contributed by atoms with van der Waals surface area (Å²) >= 11 is 1.04. The third-order valence-electron chi connectivity index (χ3n) is 4.75. The number of benzene rings is 1. The molecule has 7 nitrogen and oxygen atoms in total. The molecule has 0 saturated heterocycles. The molecule has 0 radical (unpaired) electrons. The zero-order chi connectivity index (χ0) is 22.0. The van der Waals surface area contributed by atoms with E-state index in [2.05, 4.69) is 10.2 Å². The van der Waals surface area contributed by atoms with Crippen LogP contribution >= 0.6 is 11.8 Å². The van der Waals surface area contributed by atoms with E-state index in [9.17, 15) is 18.0 Å². The van der Waals surface area contributed by atoms with Crippen molar-refractivity contribution in [1.29, 1.82) is 0 Å². The summed E-state index contributed by atoms with van der Waals surface area (Å²) in [6.07, 6.45) is -3.85. The van der Waals surface area contributed by atoms with Crippen LogP contribution < -0.4 is 9.47 Å². The minimum Gasteiger partial charge on any atom is -0.486 e. The summed E-state index contributed by atoms with van der Waals surface area (Å²) in [5.41, 5.74) is -0.528. The first-order valence-electron chi connectivity index (χ1n) is 9.56. The fourth-order valence-corrected chi connectivity index (χ4v) is 3.98. The first kappa shape index (κ1) is 21.3. The van der Waals surface area contributed by atoms with E-state index in [-0.39, 0.29) is 28.6 Å². The molecule has 31 heavy (non-hydrogen) atoms. The Kier molecular flexibility index (Phi) is 5.94. The van der Waals surface area contributed by atoms with Gasteiger partial charge in [0, 0.05) is 12.7 Å². The monoisotopic (exact) mass is 452 g/mol. The number of alkyl halides is 3. The number of rotatable bonds is 6. The largest absolute Gasteiger partial charge is 0.486 e. The zero-order valence-corrected chi connectivity index (χ0v) is 17.3. The highest BCUT2D eigenvalue weighted by Gasteiger charge is 2.31. The number of hydrogen-bond acceptors (Lipinski definition) is 6. The van der Waals surface area contributed by atoms with E-state index in [1.165, 1.54) is 10.5 Å². The molecule has 164 valence electrons. The van der Waals surface area contributed by atoms with Gasteiger partial charge in [0.2, 0.25) is 5.91 Å². The molecule has 0 aliphatic carbocycles. The molecule has 0 N–H and O–H groups in total. The van der Waals surface area contributed by atoms with Gasteiger partial charge >= 0.3 is 6.18 Å². The summed E-state index contributed by atoms with van der Waals surface area (Å²) in [5.74, 6) is 1.13. The van der Waals surface area contributed by atoms with E-state index < -0.39 is 11.7 Å². The second kappa shape index (κ2) is 8.66. The van der Waals surface area contributed by atoms with Crippen LogP contribution in [0.4, 0.5) is 13.2 Å². The van der Waals surface area contributed by atoms with Crippen LogP contribution in [0.5, 0.6) is 11.5 Å². The second-order valence-electron chi connectivity index (χ2n) is 6.84. The minimum atomic E-state index is -4.48. The van der Waals surface area contributed by atoms with Crippen molar-refractivity contribution >= 4 is 23.3 Å². The highest BCUT2D eigenvalue weighted by molar-refractivity contribution is 7.99. The number of ether oxygens (including phenoxy) is 2. The number of thioether (sulfide) groups is 1. The van der Waals surface area contributed by atoms with Gasteiger partial charge in [-0.2, -0.15) is 13.2 Å². The lowest BCUT2D eigenvalue weighted by molar-refractivity contribution is -0.138. The van der Waals surface area contributed by atoms with E-state index in [4.69, 9.17) is 9.47 Å². The summed E-state index contributed by atoms with van der Waals surface area (Å²) < 4.78 is 51.8. The lowest BCUT2D eigenvalue weighted by Gasteiger charge is -2.30. The fraction of sp³-hybridized carbons (Fsp3) is 0.350. The van der Waals surface area contributed by atoms with E-state index >= 15 is 0 Å². The number of aromatic nitrogens is 3. The number of pyridine rings is 1. The molecule has 1 aliphatic rings. The third-order valence-corrected chi connectivity index (χ3v) is 5.68. The molecule has 1 aromatic carbocycles. The number of likely N-dealkylation sites (N-methyl/N-ethyl adjacent to an activating group) is 1. The molecule has 0 bridgehead atoms. The third kappa shape index (κ3) is 4.71. The lowest BCUT2D eigenvalue weighted by atomic mass is 10.2. The van der Waals surface area contributed by atoms with Crippen molar-refractivity contribution in [3.05, 3.63) is 48.2 Å².